The summed E-state index contributed by atoms with van der Waals surface area (Å²) in [5.41, 5.74) is 1.35. The maximum atomic E-state index is 15.2. The first-order valence-electron chi connectivity index (χ1n) is 16.5. The minimum Gasteiger partial charge on any atom is -0.309 e. The molecule has 0 saturated heterocycles. The molecule has 10 heteroatoms. The summed E-state index contributed by atoms with van der Waals surface area (Å²) in [6.45, 7) is 0. The Morgan fingerprint density at radius 3 is 0.885 bits per heavy atom. The molecule has 0 aliphatic carbocycles. The molecule has 52 heavy (non-hydrogen) atoms. The maximum absolute atomic E-state index is 15.2. The highest BCUT2D eigenvalue weighted by Crippen LogP contribution is 2.53. The molecule has 0 aromatic heterocycles. The van der Waals surface area contributed by atoms with Crippen LogP contribution in [-0.4, -0.2) is 16.8 Å². The highest BCUT2D eigenvalue weighted by Gasteiger charge is 2.42. The van der Waals surface area contributed by atoms with Crippen LogP contribution in [0, 0.1) is 0 Å². The van der Waals surface area contributed by atoms with E-state index in [1.165, 1.54) is 18.2 Å². The van der Waals surface area contributed by atoms with Crippen LogP contribution in [0.15, 0.2) is 189 Å². The summed E-state index contributed by atoms with van der Waals surface area (Å²) in [5, 5.41) is 3.31. The molecule has 0 N–H and O–H groups in total. The van der Waals surface area contributed by atoms with Gasteiger partial charge in [0.25, 0.3) is 0 Å². The fourth-order valence-corrected chi connectivity index (χ4v) is 16.2. The van der Waals surface area contributed by atoms with Crippen molar-refractivity contribution in [3.8, 4) is 22.3 Å². The van der Waals surface area contributed by atoms with Crippen LogP contribution in [0.5, 0.6) is 0 Å². The lowest BCUT2D eigenvalue weighted by molar-refractivity contribution is 0.591. The van der Waals surface area contributed by atoms with E-state index in [0.717, 1.165) is 0 Å². The molecule has 0 bridgehead atoms. The summed E-state index contributed by atoms with van der Waals surface area (Å²) >= 11 is 0. The van der Waals surface area contributed by atoms with Crippen LogP contribution in [0.4, 0.5) is 0 Å². The molecule has 7 aromatic rings. The molecule has 0 saturated carbocycles. The second-order valence-corrected chi connectivity index (χ2v) is 22.1. The minimum absolute atomic E-state index is 0.0200. The molecule has 0 atom stereocenters. The lowest BCUT2D eigenvalue weighted by Crippen LogP contribution is -2.25. The normalized spacial score (nSPS) is 14.9. The van der Waals surface area contributed by atoms with Crippen molar-refractivity contribution in [3.05, 3.63) is 170 Å². The van der Waals surface area contributed by atoms with Crippen LogP contribution in [0.1, 0.15) is 0 Å². The highest BCUT2D eigenvalue weighted by molar-refractivity contribution is 7.93. The third-order valence-electron chi connectivity index (χ3n) is 9.95. The van der Waals surface area contributed by atoms with Gasteiger partial charge in [-0.05, 0) is 48.5 Å². The van der Waals surface area contributed by atoms with Crippen LogP contribution in [0.2, 0.25) is 0 Å². The van der Waals surface area contributed by atoms with Crippen molar-refractivity contribution in [1.29, 1.82) is 0 Å². The van der Waals surface area contributed by atoms with E-state index in [1.54, 1.807) is 30.3 Å². The van der Waals surface area contributed by atoms with E-state index in [0.29, 0.717) is 54.1 Å². The molecule has 2 aliphatic heterocycles. The third kappa shape index (κ3) is 4.62. The highest BCUT2D eigenvalue weighted by atomic mass is 32.2. The van der Waals surface area contributed by atoms with Gasteiger partial charge in [0.15, 0.2) is 14.3 Å². The van der Waals surface area contributed by atoms with Crippen LogP contribution < -0.4 is 31.8 Å². The Hall–Kier alpha value is -5.10. The van der Waals surface area contributed by atoms with Gasteiger partial charge >= 0.3 is 0 Å². The average Bonchev–Trinajstić information content (AvgIpc) is 3.56. The Kier molecular flexibility index (Phi) is 7.38. The lowest BCUT2D eigenvalue weighted by Gasteiger charge is -2.21. The first-order chi connectivity index (χ1) is 25.1. The van der Waals surface area contributed by atoms with Gasteiger partial charge in [0.2, 0.25) is 19.7 Å². The fourth-order valence-electron chi connectivity index (χ4n) is 7.43. The van der Waals surface area contributed by atoms with Gasteiger partial charge in [-0.15, -0.1) is 0 Å². The second-order valence-electron chi connectivity index (χ2n) is 12.8. The zero-order chi connectivity index (χ0) is 35.9. The summed E-state index contributed by atoms with van der Waals surface area (Å²) in [4.78, 5) is -0.203. The van der Waals surface area contributed by atoms with Crippen molar-refractivity contribution in [1.82, 2.24) is 0 Å². The predicted molar refractivity (Wildman–Crippen MR) is 207 cm³/mol. The van der Waals surface area contributed by atoms with E-state index in [4.69, 9.17) is 0 Å². The average molecular weight is 755 g/mol. The Balaban J connectivity index is 1.27. The number of fused-ring (bicyclic) bond motifs is 6. The quantitative estimate of drug-likeness (QED) is 0.178. The van der Waals surface area contributed by atoms with Crippen LogP contribution in [-0.2, 0) is 28.8 Å². The van der Waals surface area contributed by atoms with E-state index in [1.807, 2.05) is 121 Å². The van der Waals surface area contributed by atoms with Gasteiger partial charge in [0, 0.05) is 54.1 Å². The molecule has 254 valence electrons. The summed E-state index contributed by atoms with van der Waals surface area (Å²) in [7, 11) is -15.2. The van der Waals surface area contributed by atoms with Gasteiger partial charge in [-0.3, -0.25) is 0 Å². The molecular formula is C42H28O6P2S2. The largest absolute Gasteiger partial charge is 0.309 e. The van der Waals surface area contributed by atoms with E-state index in [-0.39, 0.29) is 19.6 Å². The van der Waals surface area contributed by atoms with Gasteiger partial charge in [-0.25, -0.2) is 16.8 Å². The molecule has 0 spiro atoms. The van der Waals surface area contributed by atoms with Crippen LogP contribution in [0.25, 0.3) is 22.3 Å². The summed E-state index contributed by atoms with van der Waals surface area (Å²) in [6, 6.07) is 48.8. The smallest absolute Gasteiger partial charge is 0.207 e. The number of sulfone groups is 2. The van der Waals surface area contributed by atoms with Crippen molar-refractivity contribution in [3.63, 3.8) is 0 Å². The Bertz CT molecular complexity index is 2630. The van der Waals surface area contributed by atoms with Crippen molar-refractivity contribution in [2.75, 3.05) is 0 Å². The predicted octanol–water partition coefficient (Wildman–Crippen LogP) is 6.59. The molecular weight excluding hydrogens is 727 g/mol. The molecule has 0 unspecified atom stereocenters. The first kappa shape index (κ1) is 32.8. The Labute approximate surface area is 302 Å². The molecule has 6 nitrogen and oxygen atoms in total. The van der Waals surface area contributed by atoms with Gasteiger partial charge < -0.3 is 9.13 Å². The van der Waals surface area contributed by atoms with E-state index in [2.05, 4.69) is 0 Å². The summed E-state index contributed by atoms with van der Waals surface area (Å²) < 4.78 is 86.7. The monoisotopic (exact) mass is 754 g/mol. The number of hydrogen-bond donors (Lipinski definition) is 0. The van der Waals surface area contributed by atoms with Crippen molar-refractivity contribution < 1.29 is 26.0 Å². The molecule has 9 rings (SSSR count). The zero-order valence-corrected chi connectivity index (χ0v) is 30.7. The molecule has 0 fully saturated rings. The molecule has 2 heterocycles. The first-order valence-corrected chi connectivity index (χ1v) is 22.8. The molecule has 7 aromatic carbocycles. The van der Waals surface area contributed by atoms with Crippen LogP contribution in [0.3, 0.4) is 0 Å². The maximum Gasteiger partial charge on any atom is 0.207 e. The summed E-state index contributed by atoms with van der Waals surface area (Å²) in [6.07, 6.45) is 0. The fraction of sp³-hybridized carbons (Fsp3) is 0. The Morgan fingerprint density at radius 2 is 0.577 bits per heavy atom. The summed E-state index contributed by atoms with van der Waals surface area (Å²) in [5.74, 6) is 0. The zero-order valence-electron chi connectivity index (χ0n) is 27.3. The van der Waals surface area contributed by atoms with Gasteiger partial charge in [0.05, 0.1) is 19.6 Å². The minimum atomic E-state index is -4.12. The van der Waals surface area contributed by atoms with Crippen molar-refractivity contribution in [2.45, 2.75) is 19.6 Å². The van der Waals surface area contributed by atoms with E-state index < -0.39 is 34.0 Å². The number of rotatable bonds is 6. The Morgan fingerprint density at radius 1 is 0.288 bits per heavy atom. The lowest BCUT2D eigenvalue weighted by atomic mass is 9.99. The molecule has 0 amide bonds. The molecule has 2 aliphatic rings. The van der Waals surface area contributed by atoms with Crippen molar-refractivity contribution >= 4 is 65.8 Å². The topological polar surface area (TPSA) is 102 Å². The second kappa shape index (κ2) is 11.7. The third-order valence-corrected chi connectivity index (χ3v) is 19.8. The van der Waals surface area contributed by atoms with Gasteiger partial charge in [-0.1, -0.05) is 121 Å². The van der Waals surface area contributed by atoms with Crippen LogP contribution >= 0.6 is 14.3 Å². The van der Waals surface area contributed by atoms with E-state index >= 15 is 9.13 Å². The SMILES string of the molecule is O=P(c1ccccc1)(c1ccccc1)c1ccc2c(c1)-c1cc3c(cc1S2(=O)=O)S(=O)(=O)c1ccc(P(=O)(c2ccccc2)c2ccccc2)cc1-3. The molecule has 0 radical (unpaired) electrons. The van der Waals surface area contributed by atoms with Gasteiger partial charge in [0.1, 0.15) is 0 Å². The standard InChI is InChI=1S/C42H28O6P2S2/c43-49(29-13-5-1-6-14-29,30-15-7-2-8-16-30)33-21-23-39-35(25-33)37-27-38-36-26-34(22-24-40(36)52(47,48)42(38)28-41(37)51(39,45)46)50(44,31-17-9-3-10-18-31)32-19-11-4-12-20-32/h1-28H. The van der Waals surface area contributed by atoms with Gasteiger partial charge in [-0.2, -0.15) is 0 Å². The number of benzene rings is 7. The van der Waals surface area contributed by atoms with Crippen molar-refractivity contribution in [2.24, 2.45) is 0 Å². The number of hydrogen-bond acceptors (Lipinski definition) is 6. The van der Waals surface area contributed by atoms with E-state index in [9.17, 15) is 16.8 Å².